The van der Waals surface area contributed by atoms with E-state index in [2.05, 4.69) is 34.4 Å². The number of aliphatic imine (C=N–C) groups is 1. The molecule has 1 heterocycles. The van der Waals surface area contributed by atoms with Crippen LogP contribution in [-0.4, -0.2) is 63.7 Å². The molecule has 156 valence electrons. The van der Waals surface area contributed by atoms with Gasteiger partial charge in [0.2, 0.25) is 0 Å². The van der Waals surface area contributed by atoms with Crippen molar-refractivity contribution in [3.63, 3.8) is 0 Å². The Morgan fingerprint density at radius 1 is 1.29 bits per heavy atom. The molecule has 2 N–H and O–H groups in total. The summed E-state index contributed by atoms with van der Waals surface area (Å²) >= 11 is 0. The van der Waals surface area contributed by atoms with Crippen molar-refractivity contribution in [3.8, 4) is 0 Å². The highest BCUT2D eigenvalue weighted by atomic mass is 32.2. The molecule has 1 saturated heterocycles. The summed E-state index contributed by atoms with van der Waals surface area (Å²) in [6.45, 7) is 7.33. The van der Waals surface area contributed by atoms with Gasteiger partial charge >= 0.3 is 0 Å². The fraction of sp³-hybridized carbons (Fsp3) is 0.611. The van der Waals surface area contributed by atoms with E-state index in [9.17, 15) is 18.5 Å². The number of anilines is 1. The molecule has 2 rings (SSSR count). The normalized spacial score (nSPS) is 20.7. The zero-order chi connectivity index (χ0) is 20.9. The summed E-state index contributed by atoms with van der Waals surface area (Å²) in [7, 11) is -1.76. The maximum absolute atomic E-state index is 11.6. The van der Waals surface area contributed by atoms with Crippen LogP contribution in [0.3, 0.4) is 0 Å². The summed E-state index contributed by atoms with van der Waals surface area (Å²) in [5, 5.41) is 17.6. The number of hydrogen-bond donors (Lipinski definition) is 2. The third-order valence-electron chi connectivity index (χ3n) is 4.70. The predicted molar refractivity (Wildman–Crippen MR) is 111 cm³/mol. The van der Waals surface area contributed by atoms with Gasteiger partial charge in [-0.2, -0.15) is 0 Å². The summed E-state index contributed by atoms with van der Waals surface area (Å²) in [6.07, 6.45) is 2.24. The van der Waals surface area contributed by atoms with Gasteiger partial charge in [-0.15, -0.1) is 0 Å². The fourth-order valence-corrected chi connectivity index (χ4v) is 4.22. The Morgan fingerprint density at radius 2 is 1.93 bits per heavy atom. The third kappa shape index (κ3) is 5.82. The van der Waals surface area contributed by atoms with Crippen LogP contribution in [0.5, 0.6) is 0 Å². The van der Waals surface area contributed by atoms with Gasteiger partial charge < -0.3 is 15.5 Å². The summed E-state index contributed by atoms with van der Waals surface area (Å²) in [4.78, 5) is 17.2. The van der Waals surface area contributed by atoms with E-state index >= 15 is 0 Å². The molecular formula is C18H29N5O4S. The molecule has 0 spiro atoms. The zero-order valence-corrected chi connectivity index (χ0v) is 17.6. The number of piperidine rings is 1. The van der Waals surface area contributed by atoms with Crippen molar-refractivity contribution in [3.05, 3.63) is 28.3 Å². The van der Waals surface area contributed by atoms with Crippen molar-refractivity contribution in [2.75, 3.05) is 44.8 Å². The van der Waals surface area contributed by atoms with Crippen LogP contribution in [0.25, 0.3) is 0 Å². The van der Waals surface area contributed by atoms with Crippen molar-refractivity contribution in [2.45, 2.75) is 25.2 Å². The van der Waals surface area contributed by atoms with Gasteiger partial charge in [0.25, 0.3) is 5.69 Å². The highest BCUT2D eigenvalue weighted by molar-refractivity contribution is 7.90. The number of guanidine groups is 1. The number of nitro groups is 1. The minimum atomic E-state index is -3.50. The van der Waals surface area contributed by atoms with E-state index in [1.165, 1.54) is 18.6 Å². The summed E-state index contributed by atoms with van der Waals surface area (Å²) in [5.74, 6) is 2.04. The molecule has 0 aromatic heterocycles. The molecule has 0 saturated carbocycles. The van der Waals surface area contributed by atoms with E-state index in [1.807, 2.05) is 0 Å². The maximum Gasteiger partial charge on any atom is 0.293 e. The number of benzene rings is 1. The molecule has 28 heavy (non-hydrogen) atoms. The van der Waals surface area contributed by atoms with Crippen LogP contribution in [0.4, 0.5) is 11.4 Å². The second-order valence-electron chi connectivity index (χ2n) is 7.46. The van der Waals surface area contributed by atoms with Crippen molar-refractivity contribution in [1.82, 2.24) is 10.2 Å². The number of nitrogens with zero attached hydrogens (tertiary/aromatic N) is 3. The average Bonchev–Trinajstić information content (AvgIpc) is 2.60. The predicted octanol–water partition coefficient (Wildman–Crippen LogP) is 1.96. The lowest BCUT2D eigenvalue weighted by Gasteiger charge is -2.37. The third-order valence-corrected chi connectivity index (χ3v) is 5.81. The molecule has 1 fully saturated rings. The maximum atomic E-state index is 11.6. The summed E-state index contributed by atoms with van der Waals surface area (Å²) < 4.78 is 23.2. The van der Waals surface area contributed by atoms with Crippen LogP contribution in [0.2, 0.25) is 0 Å². The van der Waals surface area contributed by atoms with Crippen LogP contribution in [0.1, 0.15) is 20.3 Å². The number of likely N-dealkylation sites (tertiary alicyclic amines) is 1. The number of nitrogens with one attached hydrogen (secondary N) is 2. The van der Waals surface area contributed by atoms with Crippen molar-refractivity contribution >= 4 is 27.2 Å². The molecule has 0 aliphatic carbocycles. The van der Waals surface area contributed by atoms with Crippen LogP contribution < -0.4 is 10.6 Å². The molecular weight excluding hydrogens is 382 g/mol. The molecule has 1 aromatic rings. The highest BCUT2D eigenvalue weighted by Crippen LogP contribution is 2.27. The minimum absolute atomic E-state index is 0.0726. The van der Waals surface area contributed by atoms with E-state index in [1.54, 1.807) is 7.05 Å². The largest absolute Gasteiger partial charge is 0.378 e. The van der Waals surface area contributed by atoms with Gasteiger partial charge in [0.05, 0.1) is 9.82 Å². The standard InChI is InChI=1S/C18H29N5O4S/c1-13-9-14(2)12-22(11-13)18(19-3)21-8-7-20-16-6-5-15(28(4,26)27)10-17(16)23(24)25/h5-6,10,13-14,20H,7-9,11-12H2,1-4H3,(H,19,21). The smallest absolute Gasteiger partial charge is 0.293 e. The van der Waals surface area contributed by atoms with E-state index in [-0.39, 0.29) is 16.3 Å². The monoisotopic (exact) mass is 411 g/mol. The molecule has 1 aliphatic heterocycles. The topological polar surface area (TPSA) is 117 Å². The van der Waals surface area contributed by atoms with Crippen LogP contribution in [0.15, 0.2) is 28.1 Å². The summed E-state index contributed by atoms with van der Waals surface area (Å²) in [6, 6.07) is 3.88. The van der Waals surface area contributed by atoms with E-state index in [0.717, 1.165) is 31.4 Å². The number of rotatable bonds is 6. The SMILES string of the molecule is CN=C(NCCNc1ccc(S(C)(=O)=O)cc1[N+](=O)[O-])N1CC(C)CC(C)C1. The van der Waals surface area contributed by atoms with Crippen LogP contribution >= 0.6 is 0 Å². The lowest BCUT2D eigenvalue weighted by molar-refractivity contribution is -0.384. The Labute approximate surface area is 166 Å². The Kier molecular flexibility index (Phi) is 7.22. The van der Waals surface area contributed by atoms with Gasteiger partial charge in [-0.1, -0.05) is 13.8 Å². The first-order valence-electron chi connectivity index (χ1n) is 9.29. The zero-order valence-electron chi connectivity index (χ0n) is 16.8. The highest BCUT2D eigenvalue weighted by Gasteiger charge is 2.24. The molecule has 1 aromatic carbocycles. The van der Waals surface area contributed by atoms with Gasteiger partial charge in [-0.05, 0) is 30.4 Å². The van der Waals surface area contributed by atoms with Crippen molar-refractivity contribution in [2.24, 2.45) is 16.8 Å². The second kappa shape index (κ2) is 9.22. The molecule has 0 radical (unpaired) electrons. The quantitative estimate of drug-likeness (QED) is 0.242. The fourth-order valence-electron chi connectivity index (χ4n) is 3.58. The van der Waals surface area contributed by atoms with Gasteiger partial charge in [0.1, 0.15) is 5.69 Å². The van der Waals surface area contributed by atoms with Crippen LogP contribution in [-0.2, 0) is 9.84 Å². The number of nitro benzene ring substituents is 1. The van der Waals surface area contributed by atoms with Gasteiger partial charge in [0, 0.05) is 45.5 Å². The first-order chi connectivity index (χ1) is 13.1. The second-order valence-corrected chi connectivity index (χ2v) is 9.48. The first kappa shape index (κ1) is 21.9. The van der Waals surface area contributed by atoms with Crippen LogP contribution in [0, 0.1) is 22.0 Å². The van der Waals surface area contributed by atoms with Gasteiger partial charge in [0.15, 0.2) is 15.8 Å². The molecule has 9 nitrogen and oxygen atoms in total. The van der Waals surface area contributed by atoms with E-state index in [4.69, 9.17) is 0 Å². The molecule has 0 amide bonds. The lowest BCUT2D eigenvalue weighted by Crippen LogP contribution is -2.49. The van der Waals surface area contributed by atoms with Gasteiger partial charge in [-0.3, -0.25) is 15.1 Å². The molecule has 10 heteroatoms. The Morgan fingerprint density at radius 3 is 2.46 bits per heavy atom. The average molecular weight is 412 g/mol. The van der Waals surface area contributed by atoms with Gasteiger partial charge in [-0.25, -0.2) is 8.42 Å². The van der Waals surface area contributed by atoms with E-state index < -0.39 is 14.8 Å². The molecule has 0 bridgehead atoms. The molecule has 1 aliphatic rings. The van der Waals surface area contributed by atoms with Crippen molar-refractivity contribution < 1.29 is 13.3 Å². The Hall–Kier alpha value is -2.36. The minimum Gasteiger partial charge on any atom is -0.378 e. The first-order valence-corrected chi connectivity index (χ1v) is 11.2. The Balaban J connectivity index is 1.96. The number of sulfone groups is 1. The molecule has 2 unspecified atom stereocenters. The Bertz CT molecular complexity index is 830. The molecule has 2 atom stereocenters. The van der Waals surface area contributed by atoms with Crippen molar-refractivity contribution in [1.29, 1.82) is 0 Å². The van der Waals surface area contributed by atoms with E-state index in [0.29, 0.717) is 24.9 Å². The number of hydrogen-bond acceptors (Lipinski definition) is 6. The lowest BCUT2D eigenvalue weighted by atomic mass is 9.92. The summed E-state index contributed by atoms with van der Waals surface area (Å²) in [5.41, 5.74) is 0.0281.